The molecule has 8 rings (SSSR count). The molecule has 6 aromatic carbocycles. The SMILES string of the molecule is CC(C)(C)c1cc2c(cc1C(C)(C)C)[CH]([Zr+2](=[CH]c1ccc(-c3ccccc3)cc1)(=[CH]c1ccc(-c3ccccc3)cc1)[C]1=CC=CC1)c1cc(C(C)(C)C)c(C(C)(C)C)cc1-2.[Cl-].[Cl-]. The van der Waals surface area contributed by atoms with E-state index in [1.54, 1.807) is 3.28 Å². The van der Waals surface area contributed by atoms with Gasteiger partial charge in [0.15, 0.2) is 0 Å². The van der Waals surface area contributed by atoms with E-state index in [1.165, 1.54) is 77.9 Å². The molecule has 0 spiro atoms. The molecule has 0 atom stereocenters. The number of hydrogen-bond donors (Lipinski definition) is 0. The molecule has 2 aliphatic rings. The molecule has 3 heteroatoms. The van der Waals surface area contributed by atoms with Gasteiger partial charge in [-0.15, -0.1) is 0 Å². The molecule has 0 N–H and O–H groups in total. The summed E-state index contributed by atoms with van der Waals surface area (Å²) in [6, 6.07) is 51.2. The fourth-order valence-corrected chi connectivity index (χ4v) is 22.4. The normalized spacial score (nSPS) is 13.5. The summed E-state index contributed by atoms with van der Waals surface area (Å²) in [5, 5.41) is 0. The van der Waals surface area contributed by atoms with E-state index < -0.39 is 19.3 Å². The minimum Gasteiger partial charge on any atom is -1.00 e. The van der Waals surface area contributed by atoms with Crippen molar-refractivity contribution in [1.29, 1.82) is 0 Å². The summed E-state index contributed by atoms with van der Waals surface area (Å²) >= 11 is -4.05. The second-order valence-corrected chi connectivity index (χ2v) is 30.9. The molecule has 0 heterocycles. The van der Waals surface area contributed by atoms with Gasteiger partial charge in [0.2, 0.25) is 0 Å². The number of fused-ring (bicyclic) bond motifs is 3. The van der Waals surface area contributed by atoms with Crippen molar-refractivity contribution in [3.05, 3.63) is 199 Å². The van der Waals surface area contributed by atoms with Crippen LogP contribution in [0.15, 0.2) is 155 Å². The smallest absolute Gasteiger partial charge is 1.00 e. The molecule has 6 aromatic rings. The van der Waals surface area contributed by atoms with Crippen molar-refractivity contribution in [1.82, 2.24) is 0 Å². The molecule has 0 fully saturated rings. The third-order valence-electron chi connectivity index (χ3n) is 13.2. The Morgan fingerprint density at radius 1 is 0.429 bits per heavy atom. The van der Waals surface area contributed by atoms with E-state index in [0.717, 1.165) is 6.42 Å². The zero-order valence-electron chi connectivity index (χ0n) is 39.6. The average Bonchev–Trinajstić information content (AvgIpc) is 3.87. The number of rotatable bonds is 6. The number of hydrogen-bond acceptors (Lipinski definition) is 0. The summed E-state index contributed by atoms with van der Waals surface area (Å²) in [4.78, 5) is 0. The number of allylic oxidation sites excluding steroid dienone is 4. The molecule has 2 aliphatic carbocycles. The zero-order valence-corrected chi connectivity index (χ0v) is 43.6. The third-order valence-corrected chi connectivity index (χ3v) is 24.7. The predicted molar refractivity (Wildman–Crippen MR) is 264 cm³/mol. The van der Waals surface area contributed by atoms with Crippen molar-refractivity contribution >= 4 is 7.42 Å². The van der Waals surface area contributed by atoms with Crippen LogP contribution in [0.3, 0.4) is 0 Å². The topological polar surface area (TPSA) is 0 Å². The summed E-state index contributed by atoms with van der Waals surface area (Å²) in [5.41, 5.74) is 19.4. The van der Waals surface area contributed by atoms with Crippen LogP contribution in [-0.2, 0) is 41.0 Å². The quantitative estimate of drug-likeness (QED) is 0.156. The molecular formula is C60H66Cl2Zr. The van der Waals surface area contributed by atoms with Crippen molar-refractivity contribution in [3.63, 3.8) is 0 Å². The standard InChI is InChI=1S/C29H41.2C13H10.C5H5.2ClH.Zr/c1-26(2,3)22-14-18-13-19-15-23(27(4,5)6)25(29(10,11)12)17-21(19)20(18)16-24(22)28(7,8)9;2*1-11-7-9-13(10-8-11)12-5-3-2-4-6-12;1-2-4-5-3-1;;;/h13-17H,1-12H3;2*1-10H;1-3H,4H2;2*1H;/q;;;;;;+2/p-2. The Balaban J connectivity index is 0.00000330. The molecule has 0 aromatic heterocycles. The number of halogens is 2. The fourth-order valence-electron chi connectivity index (χ4n) is 10.0. The summed E-state index contributed by atoms with van der Waals surface area (Å²) in [5.74, 6) is 0. The molecular weight excluding hydrogens is 883 g/mol. The molecule has 0 radical (unpaired) electrons. The van der Waals surface area contributed by atoms with Gasteiger partial charge in [0, 0.05) is 0 Å². The largest absolute Gasteiger partial charge is 1.00 e. The minimum absolute atomic E-state index is 0. The van der Waals surface area contributed by atoms with Gasteiger partial charge >= 0.3 is 374 Å². The Morgan fingerprint density at radius 2 is 0.762 bits per heavy atom. The molecule has 0 saturated heterocycles. The Labute approximate surface area is 396 Å². The summed E-state index contributed by atoms with van der Waals surface area (Å²) in [7, 11) is 0. The monoisotopic (exact) mass is 946 g/mol. The maximum Gasteiger partial charge on any atom is -1.00 e. The predicted octanol–water partition coefficient (Wildman–Crippen LogP) is 9.99. The molecule has 0 aliphatic heterocycles. The average molecular weight is 949 g/mol. The summed E-state index contributed by atoms with van der Waals surface area (Å²) in [6.07, 6.45) is 8.25. The van der Waals surface area contributed by atoms with E-state index >= 15 is 0 Å². The van der Waals surface area contributed by atoms with Crippen LogP contribution in [0.1, 0.15) is 138 Å². The van der Waals surface area contributed by atoms with Crippen LogP contribution in [0, 0.1) is 0 Å². The van der Waals surface area contributed by atoms with Crippen molar-refractivity contribution in [3.8, 4) is 33.4 Å². The maximum absolute atomic E-state index is 4.05. The van der Waals surface area contributed by atoms with E-state index in [9.17, 15) is 0 Å². The van der Waals surface area contributed by atoms with Crippen molar-refractivity contribution in [2.75, 3.05) is 0 Å². The second-order valence-electron chi connectivity index (χ2n) is 21.9. The van der Waals surface area contributed by atoms with Crippen LogP contribution in [-0.4, -0.2) is 7.42 Å². The third kappa shape index (κ3) is 9.69. The van der Waals surface area contributed by atoms with Crippen LogP contribution < -0.4 is 24.8 Å². The van der Waals surface area contributed by atoms with Gasteiger partial charge in [-0.25, -0.2) is 0 Å². The van der Waals surface area contributed by atoms with Crippen LogP contribution in [0.5, 0.6) is 0 Å². The maximum atomic E-state index is 2.83. The van der Waals surface area contributed by atoms with E-state index in [0.29, 0.717) is 0 Å². The first-order valence-electron chi connectivity index (χ1n) is 22.5. The Kier molecular flexibility index (Phi) is 13.9. The minimum atomic E-state index is -4.05. The first-order valence-corrected chi connectivity index (χ1v) is 28.0. The summed E-state index contributed by atoms with van der Waals surface area (Å²) < 4.78 is 7.53. The van der Waals surface area contributed by atoms with Gasteiger partial charge in [-0.3, -0.25) is 0 Å². The first-order chi connectivity index (χ1) is 28.7. The van der Waals surface area contributed by atoms with Crippen LogP contribution in [0.4, 0.5) is 0 Å². The second kappa shape index (κ2) is 18.1. The first kappa shape index (κ1) is 48.5. The van der Waals surface area contributed by atoms with Gasteiger partial charge in [0.25, 0.3) is 0 Å². The van der Waals surface area contributed by atoms with Crippen molar-refractivity contribution in [2.45, 2.75) is 115 Å². The Morgan fingerprint density at radius 3 is 1.08 bits per heavy atom. The van der Waals surface area contributed by atoms with E-state index in [4.69, 9.17) is 0 Å². The summed E-state index contributed by atoms with van der Waals surface area (Å²) in [6.45, 7) is 28.9. The van der Waals surface area contributed by atoms with E-state index in [-0.39, 0.29) is 50.1 Å². The van der Waals surface area contributed by atoms with E-state index in [2.05, 4.69) is 242 Å². The fraction of sp³-hybridized carbons (Fsp3) is 0.300. The van der Waals surface area contributed by atoms with Gasteiger partial charge < -0.3 is 24.8 Å². The van der Waals surface area contributed by atoms with Crippen molar-refractivity contribution < 1.29 is 44.1 Å². The van der Waals surface area contributed by atoms with Gasteiger partial charge in [0.1, 0.15) is 0 Å². The van der Waals surface area contributed by atoms with Gasteiger partial charge in [-0.1, -0.05) is 0 Å². The molecule has 324 valence electrons. The van der Waals surface area contributed by atoms with Crippen LogP contribution in [0.25, 0.3) is 33.4 Å². The van der Waals surface area contributed by atoms with Crippen LogP contribution in [0.2, 0.25) is 0 Å². The van der Waals surface area contributed by atoms with E-state index in [1.807, 2.05) is 0 Å². The van der Waals surface area contributed by atoms with Crippen LogP contribution >= 0.6 is 0 Å². The molecule has 0 unspecified atom stereocenters. The molecule has 63 heavy (non-hydrogen) atoms. The number of benzene rings is 6. The molecule has 0 bridgehead atoms. The Bertz CT molecular complexity index is 2610. The molecule has 0 nitrogen and oxygen atoms in total. The van der Waals surface area contributed by atoms with Crippen molar-refractivity contribution in [2.24, 2.45) is 0 Å². The molecule has 0 saturated carbocycles. The molecule has 0 amide bonds. The van der Waals surface area contributed by atoms with Gasteiger partial charge in [-0.2, -0.15) is 0 Å². The zero-order chi connectivity index (χ0) is 43.5. The van der Waals surface area contributed by atoms with Gasteiger partial charge in [0.05, 0.1) is 0 Å². The Hall–Kier alpha value is -4.00. The van der Waals surface area contributed by atoms with Gasteiger partial charge in [-0.05, 0) is 0 Å².